The molecule has 3 heterocycles. The van der Waals surface area contributed by atoms with E-state index in [0.717, 1.165) is 34.6 Å². The van der Waals surface area contributed by atoms with E-state index in [-0.39, 0.29) is 49.3 Å². The number of esters is 1. The Morgan fingerprint density at radius 1 is 1.30 bits per heavy atom. The van der Waals surface area contributed by atoms with Gasteiger partial charge >= 0.3 is 5.97 Å². The lowest BCUT2D eigenvalue weighted by atomic mass is 9.81. The van der Waals surface area contributed by atoms with Gasteiger partial charge in [0.05, 0.1) is 32.1 Å². The fourth-order valence-electron chi connectivity index (χ4n) is 4.18. The summed E-state index contributed by atoms with van der Waals surface area (Å²) >= 11 is 0. The molecule has 1 saturated heterocycles. The van der Waals surface area contributed by atoms with Gasteiger partial charge in [-0.1, -0.05) is 12.1 Å². The second-order valence-corrected chi connectivity index (χ2v) is 7.70. The van der Waals surface area contributed by atoms with Crippen molar-refractivity contribution in [1.29, 1.82) is 0 Å². The number of carbonyl (C=O) groups is 2. The SMILES string of the molecule is COC(=O)CCNC(=O)Cc1ccc2c(c1)C1OCCC1C(c1cnc(C)nc1)N2. The van der Waals surface area contributed by atoms with Gasteiger partial charge in [0.2, 0.25) is 5.91 Å². The lowest BCUT2D eigenvalue weighted by molar-refractivity contribution is -0.140. The highest BCUT2D eigenvalue weighted by Crippen LogP contribution is 2.49. The van der Waals surface area contributed by atoms with E-state index in [1.165, 1.54) is 7.11 Å². The maximum absolute atomic E-state index is 12.2. The summed E-state index contributed by atoms with van der Waals surface area (Å²) in [7, 11) is 1.33. The summed E-state index contributed by atoms with van der Waals surface area (Å²) in [6, 6.07) is 6.10. The van der Waals surface area contributed by atoms with E-state index in [9.17, 15) is 9.59 Å². The number of nitrogens with one attached hydrogen (secondary N) is 2. The molecule has 0 spiro atoms. The number of aromatic nitrogens is 2. The number of ether oxygens (including phenoxy) is 2. The van der Waals surface area contributed by atoms with Crippen LogP contribution in [0.2, 0.25) is 0 Å². The quantitative estimate of drug-likeness (QED) is 0.704. The van der Waals surface area contributed by atoms with Gasteiger partial charge in [-0.05, 0) is 25.0 Å². The number of benzene rings is 1. The van der Waals surface area contributed by atoms with E-state index in [2.05, 4.69) is 25.3 Å². The number of rotatable bonds is 6. The lowest BCUT2D eigenvalue weighted by Gasteiger charge is -2.36. The standard InChI is InChI=1S/C22H26N4O4/c1-13-24-11-15(12-25-13)21-16-6-8-30-22(16)17-9-14(3-4-18(17)26-21)10-19(27)23-7-5-20(28)29-2/h3-4,9,11-12,16,21-22,26H,5-8,10H2,1-2H3,(H,23,27). The first-order valence-corrected chi connectivity index (χ1v) is 10.2. The first-order chi connectivity index (χ1) is 14.5. The Morgan fingerprint density at radius 2 is 2.10 bits per heavy atom. The van der Waals surface area contributed by atoms with E-state index in [1.54, 1.807) is 0 Å². The number of fused-ring (bicyclic) bond motifs is 3. The average molecular weight is 410 g/mol. The van der Waals surface area contributed by atoms with Crippen LogP contribution in [0.1, 0.15) is 47.5 Å². The summed E-state index contributed by atoms with van der Waals surface area (Å²) in [6.07, 6.45) is 5.11. The second-order valence-electron chi connectivity index (χ2n) is 7.70. The van der Waals surface area contributed by atoms with Crippen molar-refractivity contribution in [3.05, 3.63) is 53.1 Å². The Labute approximate surface area is 175 Å². The van der Waals surface area contributed by atoms with Gasteiger partial charge in [0.25, 0.3) is 0 Å². The van der Waals surface area contributed by atoms with Crippen LogP contribution in [0.4, 0.5) is 5.69 Å². The molecule has 3 atom stereocenters. The normalized spacial score (nSPS) is 21.9. The Balaban J connectivity index is 1.48. The van der Waals surface area contributed by atoms with E-state index >= 15 is 0 Å². The molecule has 2 aliphatic rings. The number of methoxy groups -OCH3 is 1. The summed E-state index contributed by atoms with van der Waals surface area (Å²) < 4.78 is 10.7. The Hall–Kier alpha value is -3.00. The van der Waals surface area contributed by atoms with Gasteiger partial charge in [-0.2, -0.15) is 0 Å². The maximum atomic E-state index is 12.2. The first kappa shape index (κ1) is 20.3. The molecule has 3 unspecified atom stereocenters. The first-order valence-electron chi connectivity index (χ1n) is 10.2. The summed E-state index contributed by atoms with van der Waals surface area (Å²) in [5.74, 6) is 0.575. The molecular formula is C22H26N4O4. The highest BCUT2D eigenvalue weighted by Gasteiger charge is 2.41. The molecule has 8 heteroatoms. The molecule has 1 aromatic heterocycles. The number of amides is 1. The molecule has 0 saturated carbocycles. The molecule has 0 aliphatic carbocycles. The third-order valence-electron chi connectivity index (χ3n) is 5.70. The summed E-state index contributed by atoms with van der Waals surface area (Å²) in [6.45, 7) is 2.85. The van der Waals surface area contributed by atoms with Crippen LogP contribution < -0.4 is 10.6 Å². The van der Waals surface area contributed by atoms with Crippen LogP contribution in [-0.4, -0.2) is 42.1 Å². The minimum atomic E-state index is -0.340. The zero-order valence-corrected chi connectivity index (χ0v) is 17.2. The van der Waals surface area contributed by atoms with Gasteiger partial charge < -0.3 is 20.1 Å². The van der Waals surface area contributed by atoms with Crippen molar-refractivity contribution >= 4 is 17.6 Å². The molecule has 2 N–H and O–H groups in total. The number of anilines is 1. The van der Waals surface area contributed by atoms with Crippen LogP contribution in [0.25, 0.3) is 0 Å². The third kappa shape index (κ3) is 4.28. The van der Waals surface area contributed by atoms with Gasteiger partial charge in [0.1, 0.15) is 5.82 Å². The van der Waals surface area contributed by atoms with Gasteiger partial charge in [0, 0.05) is 48.3 Å². The monoisotopic (exact) mass is 410 g/mol. The summed E-state index contributed by atoms with van der Waals surface area (Å²) in [4.78, 5) is 32.1. The van der Waals surface area contributed by atoms with E-state index in [1.807, 2.05) is 37.5 Å². The number of aryl methyl sites for hydroxylation is 1. The number of nitrogens with zero attached hydrogens (tertiary/aromatic N) is 2. The van der Waals surface area contributed by atoms with Crippen molar-refractivity contribution in [3.8, 4) is 0 Å². The van der Waals surface area contributed by atoms with E-state index < -0.39 is 0 Å². The summed E-state index contributed by atoms with van der Waals surface area (Å²) in [5, 5.41) is 6.38. The minimum Gasteiger partial charge on any atom is -0.469 e. The lowest BCUT2D eigenvalue weighted by Crippen LogP contribution is -2.30. The highest BCUT2D eigenvalue weighted by atomic mass is 16.5. The summed E-state index contributed by atoms with van der Waals surface area (Å²) in [5.41, 5.74) is 4.07. The van der Waals surface area contributed by atoms with Crippen LogP contribution in [0.5, 0.6) is 0 Å². The largest absolute Gasteiger partial charge is 0.469 e. The van der Waals surface area contributed by atoms with Crippen molar-refractivity contribution < 1.29 is 19.1 Å². The molecule has 0 radical (unpaired) electrons. The third-order valence-corrected chi connectivity index (χ3v) is 5.70. The molecule has 1 fully saturated rings. The van der Waals surface area contributed by atoms with Crippen molar-refractivity contribution in [1.82, 2.24) is 15.3 Å². The molecule has 158 valence electrons. The maximum Gasteiger partial charge on any atom is 0.307 e. The molecule has 1 amide bonds. The van der Waals surface area contributed by atoms with Crippen molar-refractivity contribution in [3.63, 3.8) is 0 Å². The molecule has 4 rings (SSSR count). The molecule has 0 bridgehead atoms. The number of hydrogen-bond donors (Lipinski definition) is 2. The average Bonchev–Trinajstić information content (AvgIpc) is 3.24. The van der Waals surface area contributed by atoms with Crippen molar-refractivity contribution in [2.45, 2.75) is 38.3 Å². The van der Waals surface area contributed by atoms with Crippen LogP contribution >= 0.6 is 0 Å². The van der Waals surface area contributed by atoms with Crippen LogP contribution in [0.15, 0.2) is 30.6 Å². The van der Waals surface area contributed by atoms with Crippen LogP contribution in [0, 0.1) is 12.8 Å². The molecule has 1 aromatic carbocycles. The smallest absolute Gasteiger partial charge is 0.307 e. The molecule has 2 aromatic rings. The second kappa shape index (κ2) is 8.79. The predicted octanol–water partition coefficient (Wildman–Crippen LogP) is 2.25. The Bertz CT molecular complexity index is 931. The number of hydrogen-bond acceptors (Lipinski definition) is 7. The van der Waals surface area contributed by atoms with E-state index in [4.69, 9.17) is 4.74 Å². The van der Waals surface area contributed by atoms with Gasteiger partial charge in [0.15, 0.2) is 0 Å². The molecule has 2 aliphatic heterocycles. The fraction of sp³-hybridized carbons (Fsp3) is 0.455. The fourth-order valence-corrected chi connectivity index (χ4v) is 4.18. The van der Waals surface area contributed by atoms with E-state index in [0.29, 0.717) is 6.61 Å². The Morgan fingerprint density at radius 3 is 2.87 bits per heavy atom. The zero-order chi connectivity index (χ0) is 21.1. The minimum absolute atomic E-state index is 0.0186. The van der Waals surface area contributed by atoms with Crippen LogP contribution in [0.3, 0.4) is 0 Å². The molecule has 30 heavy (non-hydrogen) atoms. The predicted molar refractivity (Wildman–Crippen MR) is 110 cm³/mol. The van der Waals surface area contributed by atoms with Gasteiger partial charge in [-0.25, -0.2) is 9.97 Å². The highest BCUT2D eigenvalue weighted by molar-refractivity contribution is 5.79. The van der Waals surface area contributed by atoms with Crippen molar-refractivity contribution in [2.24, 2.45) is 5.92 Å². The topological polar surface area (TPSA) is 102 Å². The molecule has 8 nitrogen and oxygen atoms in total. The van der Waals surface area contributed by atoms with Crippen LogP contribution in [-0.2, 0) is 25.5 Å². The zero-order valence-electron chi connectivity index (χ0n) is 17.2. The Kier molecular flexibility index (Phi) is 5.94. The molecular weight excluding hydrogens is 384 g/mol. The van der Waals surface area contributed by atoms with Gasteiger partial charge in [-0.15, -0.1) is 0 Å². The van der Waals surface area contributed by atoms with Crippen molar-refractivity contribution in [2.75, 3.05) is 25.6 Å². The number of carbonyl (C=O) groups excluding carboxylic acids is 2. The van der Waals surface area contributed by atoms with Gasteiger partial charge in [-0.3, -0.25) is 9.59 Å².